The zero-order chi connectivity index (χ0) is 9.80. The molecular weight excluding hydrogens is 178 g/mol. The lowest BCUT2D eigenvalue weighted by molar-refractivity contribution is 0.173. The van der Waals surface area contributed by atoms with E-state index in [-0.39, 0.29) is 6.09 Å². The Bertz CT molecular complexity index is 346. The standard InChI is InChI=1S/C11H11NO2/c13-11(12-8-4-5-9-12)14-10-6-2-1-3-7-10/h1-4,6-8H,5,9H2. The van der Waals surface area contributed by atoms with E-state index in [2.05, 4.69) is 0 Å². The Morgan fingerprint density at radius 1 is 1.29 bits per heavy atom. The van der Waals surface area contributed by atoms with Gasteiger partial charge in [-0.25, -0.2) is 4.79 Å². The number of ether oxygens (including phenoxy) is 1. The molecule has 1 aromatic carbocycles. The number of nitrogens with zero attached hydrogens (tertiary/aromatic N) is 1. The number of benzene rings is 1. The highest BCUT2D eigenvalue weighted by atomic mass is 16.6. The lowest BCUT2D eigenvalue weighted by atomic mass is 10.3. The third-order valence-electron chi connectivity index (χ3n) is 2.00. The molecule has 0 aliphatic carbocycles. The van der Waals surface area contributed by atoms with Gasteiger partial charge in [0.2, 0.25) is 0 Å². The van der Waals surface area contributed by atoms with Crippen molar-refractivity contribution in [2.75, 3.05) is 6.54 Å². The maximum Gasteiger partial charge on any atom is 0.419 e. The Morgan fingerprint density at radius 2 is 2.07 bits per heavy atom. The second-order valence-corrected chi connectivity index (χ2v) is 3.05. The van der Waals surface area contributed by atoms with Crippen LogP contribution in [0.4, 0.5) is 4.79 Å². The molecule has 1 aliphatic rings. The fourth-order valence-corrected chi connectivity index (χ4v) is 1.29. The summed E-state index contributed by atoms with van der Waals surface area (Å²) in [5, 5.41) is 0. The van der Waals surface area contributed by atoms with Gasteiger partial charge >= 0.3 is 6.09 Å². The van der Waals surface area contributed by atoms with Gasteiger partial charge < -0.3 is 4.74 Å². The first-order valence-electron chi connectivity index (χ1n) is 4.56. The normalized spacial score (nSPS) is 14.4. The van der Waals surface area contributed by atoms with Crippen LogP contribution in [0.5, 0.6) is 5.75 Å². The second-order valence-electron chi connectivity index (χ2n) is 3.05. The van der Waals surface area contributed by atoms with E-state index < -0.39 is 0 Å². The summed E-state index contributed by atoms with van der Waals surface area (Å²) in [5.41, 5.74) is 0. The van der Waals surface area contributed by atoms with Crippen molar-refractivity contribution in [2.45, 2.75) is 6.42 Å². The smallest absolute Gasteiger partial charge is 0.410 e. The lowest BCUT2D eigenvalue weighted by Gasteiger charge is -2.12. The molecule has 0 atom stereocenters. The highest BCUT2D eigenvalue weighted by Gasteiger charge is 2.15. The van der Waals surface area contributed by atoms with Crippen LogP contribution in [-0.2, 0) is 0 Å². The van der Waals surface area contributed by atoms with E-state index in [1.54, 1.807) is 23.2 Å². The van der Waals surface area contributed by atoms with Crippen LogP contribution in [0.2, 0.25) is 0 Å². The number of hydrogen-bond donors (Lipinski definition) is 0. The predicted octanol–water partition coefficient (Wildman–Crippen LogP) is 2.40. The summed E-state index contributed by atoms with van der Waals surface area (Å²) < 4.78 is 5.13. The molecule has 0 saturated heterocycles. The zero-order valence-electron chi connectivity index (χ0n) is 7.72. The Kier molecular flexibility index (Phi) is 2.49. The SMILES string of the molecule is O=C(Oc1ccccc1)N1C=CCC1. The number of rotatable bonds is 1. The molecule has 1 aromatic rings. The molecule has 3 nitrogen and oxygen atoms in total. The molecule has 72 valence electrons. The third kappa shape index (κ3) is 1.93. The van der Waals surface area contributed by atoms with E-state index in [9.17, 15) is 4.79 Å². The number of hydrogen-bond acceptors (Lipinski definition) is 2. The highest BCUT2D eigenvalue weighted by molar-refractivity contribution is 5.72. The molecule has 0 bridgehead atoms. The van der Waals surface area contributed by atoms with Gasteiger partial charge in [-0.15, -0.1) is 0 Å². The van der Waals surface area contributed by atoms with Gasteiger partial charge in [0, 0.05) is 12.7 Å². The largest absolute Gasteiger partial charge is 0.419 e. The van der Waals surface area contributed by atoms with Crippen LogP contribution in [0.1, 0.15) is 6.42 Å². The van der Waals surface area contributed by atoms with Crippen LogP contribution in [0, 0.1) is 0 Å². The lowest BCUT2D eigenvalue weighted by Crippen LogP contribution is -2.26. The van der Waals surface area contributed by atoms with Crippen LogP contribution in [0.25, 0.3) is 0 Å². The molecular formula is C11H11NO2. The van der Waals surface area contributed by atoms with Crippen LogP contribution >= 0.6 is 0 Å². The average molecular weight is 189 g/mol. The molecule has 0 fully saturated rings. The first kappa shape index (κ1) is 8.81. The van der Waals surface area contributed by atoms with Gasteiger partial charge in [-0.3, -0.25) is 4.90 Å². The number of amides is 1. The summed E-state index contributed by atoms with van der Waals surface area (Å²) in [6.07, 6.45) is 4.30. The molecule has 0 unspecified atom stereocenters. The summed E-state index contributed by atoms with van der Waals surface area (Å²) in [4.78, 5) is 13.0. The van der Waals surface area contributed by atoms with Crippen molar-refractivity contribution in [3.63, 3.8) is 0 Å². The van der Waals surface area contributed by atoms with E-state index in [4.69, 9.17) is 4.74 Å². The first-order chi connectivity index (χ1) is 6.86. The fraction of sp³-hybridized carbons (Fsp3) is 0.182. The van der Waals surface area contributed by atoms with Crippen molar-refractivity contribution in [1.82, 2.24) is 4.90 Å². The van der Waals surface area contributed by atoms with Gasteiger partial charge in [0.15, 0.2) is 0 Å². The van der Waals surface area contributed by atoms with Crippen LogP contribution < -0.4 is 4.74 Å². The summed E-state index contributed by atoms with van der Waals surface area (Å²) in [6, 6.07) is 9.08. The summed E-state index contributed by atoms with van der Waals surface area (Å²) in [5.74, 6) is 0.581. The molecule has 0 N–H and O–H groups in total. The topological polar surface area (TPSA) is 29.5 Å². The molecule has 14 heavy (non-hydrogen) atoms. The highest BCUT2D eigenvalue weighted by Crippen LogP contribution is 2.12. The Morgan fingerprint density at radius 3 is 2.71 bits per heavy atom. The van der Waals surface area contributed by atoms with Crippen molar-refractivity contribution >= 4 is 6.09 Å². The van der Waals surface area contributed by atoms with Gasteiger partial charge in [-0.05, 0) is 18.6 Å². The van der Waals surface area contributed by atoms with Crippen LogP contribution in [0.15, 0.2) is 42.6 Å². The summed E-state index contributed by atoms with van der Waals surface area (Å²) in [7, 11) is 0. The molecule has 0 saturated carbocycles. The minimum atomic E-state index is -0.315. The summed E-state index contributed by atoms with van der Waals surface area (Å²) in [6.45, 7) is 0.714. The number of carbonyl (C=O) groups is 1. The van der Waals surface area contributed by atoms with Crippen LogP contribution in [0.3, 0.4) is 0 Å². The number of carbonyl (C=O) groups excluding carboxylic acids is 1. The third-order valence-corrected chi connectivity index (χ3v) is 2.00. The quantitative estimate of drug-likeness (QED) is 0.678. The van der Waals surface area contributed by atoms with Gasteiger partial charge in [0.1, 0.15) is 5.75 Å². The van der Waals surface area contributed by atoms with E-state index in [0.717, 1.165) is 6.42 Å². The number of para-hydroxylation sites is 1. The van der Waals surface area contributed by atoms with Gasteiger partial charge in [0.25, 0.3) is 0 Å². The van der Waals surface area contributed by atoms with Crippen molar-refractivity contribution in [3.8, 4) is 5.75 Å². The zero-order valence-corrected chi connectivity index (χ0v) is 7.72. The van der Waals surface area contributed by atoms with E-state index in [1.165, 1.54) is 0 Å². The fourth-order valence-electron chi connectivity index (χ4n) is 1.29. The Hall–Kier alpha value is -1.77. The molecule has 0 radical (unpaired) electrons. The van der Waals surface area contributed by atoms with Crippen molar-refractivity contribution < 1.29 is 9.53 Å². The van der Waals surface area contributed by atoms with Gasteiger partial charge in [0.05, 0.1) is 0 Å². The van der Waals surface area contributed by atoms with Crippen molar-refractivity contribution in [2.24, 2.45) is 0 Å². The van der Waals surface area contributed by atoms with Crippen LogP contribution in [-0.4, -0.2) is 17.5 Å². The van der Waals surface area contributed by atoms with Crippen molar-refractivity contribution in [3.05, 3.63) is 42.6 Å². The first-order valence-corrected chi connectivity index (χ1v) is 4.56. The minimum Gasteiger partial charge on any atom is -0.410 e. The molecule has 3 heteroatoms. The molecule has 1 heterocycles. The average Bonchev–Trinajstić information content (AvgIpc) is 2.72. The summed E-state index contributed by atoms with van der Waals surface area (Å²) >= 11 is 0. The van der Waals surface area contributed by atoms with E-state index >= 15 is 0 Å². The van der Waals surface area contributed by atoms with E-state index in [1.807, 2.05) is 24.3 Å². The molecule has 0 spiro atoms. The molecule has 1 amide bonds. The predicted molar refractivity (Wildman–Crippen MR) is 52.9 cm³/mol. The molecule has 1 aliphatic heterocycles. The second kappa shape index (κ2) is 3.96. The maximum atomic E-state index is 11.5. The molecule has 2 rings (SSSR count). The minimum absolute atomic E-state index is 0.315. The monoisotopic (exact) mass is 189 g/mol. The van der Waals surface area contributed by atoms with E-state index in [0.29, 0.717) is 12.3 Å². The van der Waals surface area contributed by atoms with Gasteiger partial charge in [-0.1, -0.05) is 24.3 Å². The molecule has 0 aromatic heterocycles. The van der Waals surface area contributed by atoms with Crippen molar-refractivity contribution in [1.29, 1.82) is 0 Å². The Balaban J connectivity index is 1.98. The Labute approximate surface area is 82.6 Å². The van der Waals surface area contributed by atoms with Gasteiger partial charge in [-0.2, -0.15) is 0 Å². The maximum absolute atomic E-state index is 11.5.